The molecule has 2 aromatic heterocycles. The van der Waals surface area contributed by atoms with Crippen LogP contribution in [0.3, 0.4) is 0 Å². The highest BCUT2D eigenvalue weighted by atomic mass is 32.1. The lowest BCUT2D eigenvalue weighted by atomic mass is 10.2. The first-order valence-corrected chi connectivity index (χ1v) is 6.35. The number of hydrogen-bond acceptors (Lipinski definition) is 6. The standard InChI is InChI=1S/C11H13N3O2S/c1-7-8(4-14-16-7)10-5-13-11(17-10)9-6-15-3-2-12-9/h4-5,9,12H,2-3,6H2,1H3. The molecule has 0 radical (unpaired) electrons. The van der Waals surface area contributed by atoms with Gasteiger partial charge in [-0.2, -0.15) is 0 Å². The molecule has 0 aromatic carbocycles. The molecule has 0 saturated carbocycles. The monoisotopic (exact) mass is 251 g/mol. The number of nitrogens with zero attached hydrogens (tertiary/aromatic N) is 2. The first-order valence-electron chi connectivity index (χ1n) is 5.53. The lowest BCUT2D eigenvalue weighted by Gasteiger charge is -2.21. The van der Waals surface area contributed by atoms with E-state index in [1.54, 1.807) is 17.5 Å². The highest BCUT2D eigenvalue weighted by Crippen LogP contribution is 2.31. The van der Waals surface area contributed by atoms with Gasteiger partial charge in [-0.15, -0.1) is 11.3 Å². The van der Waals surface area contributed by atoms with Gasteiger partial charge in [0.25, 0.3) is 0 Å². The third-order valence-electron chi connectivity index (χ3n) is 2.76. The highest BCUT2D eigenvalue weighted by molar-refractivity contribution is 7.15. The van der Waals surface area contributed by atoms with E-state index in [-0.39, 0.29) is 6.04 Å². The zero-order valence-corrected chi connectivity index (χ0v) is 10.3. The minimum atomic E-state index is 0.211. The van der Waals surface area contributed by atoms with Crippen LogP contribution in [0.15, 0.2) is 16.9 Å². The van der Waals surface area contributed by atoms with Crippen LogP contribution in [0.1, 0.15) is 16.8 Å². The first-order chi connectivity index (χ1) is 8.34. The fourth-order valence-corrected chi connectivity index (χ4v) is 2.87. The van der Waals surface area contributed by atoms with Crippen LogP contribution in [-0.4, -0.2) is 29.9 Å². The molecule has 2 aromatic rings. The summed E-state index contributed by atoms with van der Waals surface area (Å²) in [5.74, 6) is 0.827. The molecule has 17 heavy (non-hydrogen) atoms. The number of nitrogens with one attached hydrogen (secondary N) is 1. The van der Waals surface area contributed by atoms with Gasteiger partial charge in [0.1, 0.15) is 10.8 Å². The molecule has 1 unspecified atom stereocenters. The summed E-state index contributed by atoms with van der Waals surface area (Å²) in [6.07, 6.45) is 3.60. The number of aromatic nitrogens is 2. The maximum absolute atomic E-state index is 5.43. The van der Waals surface area contributed by atoms with E-state index in [0.717, 1.165) is 34.4 Å². The fraction of sp³-hybridized carbons (Fsp3) is 0.455. The molecule has 0 amide bonds. The largest absolute Gasteiger partial charge is 0.378 e. The van der Waals surface area contributed by atoms with Crippen molar-refractivity contribution in [3.8, 4) is 10.4 Å². The summed E-state index contributed by atoms with van der Waals surface area (Å²) in [6, 6.07) is 0.211. The van der Waals surface area contributed by atoms with Gasteiger partial charge in [0.05, 0.1) is 35.9 Å². The van der Waals surface area contributed by atoms with Crippen LogP contribution in [0, 0.1) is 6.92 Å². The van der Waals surface area contributed by atoms with Gasteiger partial charge in [0, 0.05) is 12.7 Å². The van der Waals surface area contributed by atoms with E-state index in [2.05, 4.69) is 15.5 Å². The molecule has 1 saturated heterocycles. The summed E-state index contributed by atoms with van der Waals surface area (Å²) < 4.78 is 10.5. The second kappa shape index (κ2) is 4.56. The minimum Gasteiger partial charge on any atom is -0.378 e. The van der Waals surface area contributed by atoms with Crippen LogP contribution >= 0.6 is 11.3 Å². The van der Waals surface area contributed by atoms with Gasteiger partial charge in [-0.3, -0.25) is 0 Å². The Bertz CT molecular complexity index is 502. The molecule has 1 aliphatic rings. The molecule has 5 nitrogen and oxygen atoms in total. The van der Waals surface area contributed by atoms with E-state index in [0.29, 0.717) is 6.61 Å². The minimum absolute atomic E-state index is 0.211. The number of ether oxygens (including phenoxy) is 1. The van der Waals surface area contributed by atoms with Crippen molar-refractivity contribution in [2.24, 2.45) is 0 Å². The molecule has 90 valence electrons. The molecule has 3 heterocycles. The van der Waals surface area contributed by atoms with E-state index in [9.17, 15) is 0 Å². The second-order valence-electron chi connectivity index (χ2n) is 3.94. The normalized spacial score (nSPS) is 20.6. The fourth-order valence-electron chi connectivity index (χ4n) is 1.83. The first kappa shape index (κ1) is 10.9. The van der Waals surface area contributed by atoms with Crippen LogP contribution in [0.2, 0.25) is 0 Å². The Labute approximate surface area is 103 Å². The predicted molar refractivity (Wildman–Crippen MR) is 63.9 cm³/mol. The molecule has 1 fully saturated rings. The molecule has 0 bridgehead atoms. The Balaban J connectivity index is 1.85. The second-order valence-corrected chi connectivity index (χ2v) is 5.00. The van der Waals surface area contributed by atoms with E-state index in [1.807, 2.05) is 13.1 Å². The van der Waals surface area contributed by atoms with Crippen LogP contribution in [0.4, 0.5) is 0 Å². The number of morpholine rings is 1. The van der Waals surface area contributed by atoms with Crippen molar-refractivity contribution in [2.75, 3.05) is 19.8 Å². The summed E-state index contributed by atoms with van der Waals surface area (Å²) in [7, 11) is 0. The zero-order chi connectivity index (χ0) is 11.7. The zero-order valence-electron chi connectivity index (χ0n) is 9.47. The predicted octanol–water partition coefficient (Wildman–Crippen LogP) is 1.77. The molecule has 3 rings (SSSR count). The van der Waals surface area contributed by atoms with E-state index in [1.165, 1.54) is 0 Å². The van der Waals surface area contributed by atoms with Crippen LogP contribution in [0.25, 0.3) is 10.4 Å². The maximum Gasteiger partial charge on any atom is 0.142 e. The van der Waals surface area contributed by atoms with Gasteiger partial charge >= 0.3 is 0 Å². The van der Waals surface area contributed by atoms with Crippen molar-refractivity contribution in [1.82, 2.24) is 15.5 Å². The van der Waals surface area contributed by atoms with Gasteiger partial charge in [0.2, 0.25) is 0 Å². The Kier molecular flexibility index (Phi) is 2.92. The third kappa shape index (κ3) is 2.11. The van der Waals surface area contributed by atoms with Crippen molar-refractivity contribution in [3.63, 3.8) is 0 Å². The molecular formula is C11H13N3O2S. The number of aryl methyl sites for hydroxylation is 1. The summed E-state index contributed by atoms with van der Waals surface area (Å²) in [5.41, 5.74) is 1.02. The maximum atomic E-state index is 5.43. The smallest absolute Gasteiger partial charge is 0.142 e. The SMILES string of the molecule is Cc1oncc1-c1cnc(C2COCCN2)s1. The summed E-state index contributed by atoms with van der Waals surface area (Å²) >= 11 is 1.66. The van der Waals surface area contributed by atoms with Gasteiger partial charge in [-0.1, -0.05) is 5.16 Å². The molecule has 1 aliphatic heterocycles. The van der Waals surface area contributed by atoms with Crippen molar-refractivity contribution in [3.05, 3.63) is 23.2 Å². The van der Waals surface area contributed by atoms with Crippen molar-refractivity contribution in [2.45, 2.75) is 13.0 Å². The molecule has 6 heteroatoms. The lowest BCUT2D eigenvalue weighted by Crippen LogP contribution is -2.34. The Morgan fingerprint density at radius 2 is 2.41 bits per heavy atom. The Hall–Kier alpha value is -1.24. The lowest BCUT2D eigenvalue weighted by molar-refractivity contribution is 0.0768. The number of thiazole rings is 1. The highest BCUT2D eigenvalue weighted by Gasteiger charge is 2.19. The third-order valence-corrected chi connectivity index (χ3v) is 3.90. The Morgan fingerprint density at radius 1 is 1.47 bits per heavy atom. The van der Waals surface area contributed by atoms with Crippen LogP contribution in [-0.2, 0) is 4.74 Å². The summed E-state index contributed by atoms with van der Waals surface area (Å²) in [5, 5.41) is 8.23. The summed E-state index contributed by atoms with van der Waals surface area (Å²) in [4.78, 5) is 5.53. The van der Waals surface area contributed by atoms with Crippen LogP contribution in [0.5, 0.6) is 0 Å². The van der Waals surface area contributed by atoms with E-state index < -0.39 is 0 Å². The van der Waals surface area contributed by atoms with Crippen molar-refractivity contribution < 1.29 is 9.26 Å². The van der Waals surface area contributed by atoms with E-state index in [4.69, 9.17) is 9.26 Å². The average molecular weight is 251 g/mol. The van der Waals surface area contributed by atoms with Crippen molar-refractivity contribution >= 4 is 11.3 Å². The van der Waals surface area contributed by atoms with Gasteiger partial charge < -0.3 is 14.6 Å². The topological polar surface area (TPSA) is 60.2 Å². The number of rotatable bonds is 2. The number of hydrogen-bond donors (Lipinski definition) is 1. The Morgan fingerprint density at radius 3 is 3.12 bits per heavy atom. The van der Waals surface area contributed by atoms with Crippen molar-refractivity contribution in [1.29, 1.82) is 0 Å². The average Bonchev–Trinajstić information content (AvgIpc) is 2.98. The molecule has 0 spiro atoms. The summed E-state index contributed by atoms with van der Waals surface area (Å²) in [6.45, 7) is 4.25. The van der Waals surface area contributed by atoms with E-state index >= 15 is 0 Å². The van der Waals surface area contributed by atoms with Gasteiger partial charge in [0.15, 0.2) is 0 Å². The van der Waals surface area contributed by atoms with Gasteiger partial charge in [-0.25, -0.2) is 4.98 Å². The molecular weight excluding hydrogens is 238 g/mol. The molecule has 1 N–H and O–H groups in total. The molecule has 0 aliphatic carbocycles. The van der Waals surface area contributed by atoms with Crippen LogP contribution < -0.4 is 5.32 Å². The van der Waals surface area contributed by atoms with Gasteiger partial charge in [-0.05, 0) is 6.92 Å². The molecule has 1 atom stereocenters. The quantitative estimate of drug-likeness (QED) is 0.881.